The first kappa shape index (κ1) is 8.64. The van der Waals surface area contributed by atoms with Crippen molar-refractivity contribution in [2.45, 2.75) is 19.8 Å². The highest BCUT2D eigenvalue weighted by Crippen LogP contribution is 2.09. The van der Waals surface area contributed by atoms with Crippen LogP contribution in [0.3, 0.4) is 0 Å². The maximum Gasteiger partial charge on any atom is 0.250 e. The van der Waals surface area contributed by atoms with Crippen LogP contribution in [0.2, 0.25) is 0 Å². The zero-order valence-electron chi connectivity index (χ0n) is 7.02. The summed E-state index contributed by atoms with van der Waals surface area (Å²) in [4.78, 5) is 14.0. The molecular weight excluding hydrogens is 156 g/mol. The number of hydrogen-bond donors (Lipinski definition) is 0. The fourth-order valence-electron chi connectivity index (χ4n) is 0.671. The molecule has 0 atom stereocenters. The van der Waals surface area contributed by atoms with E-state index in [1.807, 2.05) is 13.8 Å². The fourth-order valence-corrected chi connectivity index (χ4v) is 0.671. The van der Waals surface area contributed by atoms with Gasteiger partial charge in [-0.1, -0.05) is 19.0 Å². The molecule has 0 saturated carbocycles. The van der Waals surface area contributed by atoms with Crippen molar-refractivity contribution in [1.82, 2.24) is 10.1 Å². The molecule has 0 aliphatic heterocycles. The van der Waals surface area contributed by atoms with Crippen LogP contribution in [-0.4, -0.2) is 16.4 Å². The smallest absolute Gasteiger partial charge is 0.250 e. The van der Waals surface area contributed by atoms with Crippen molar-refractivity contribution in [3.05, 3.63) is 17.8 Å². The molecule has 0 aromatic carbocycles. The Balaban J connectivity index is 2.77. The van der Waals surface area contributed by atoms with E-state index >= 15 is 0 Å². The van der Waals surface area contributed by atoms with Gasteiger partial charge in [0.2, 0.25) is 0 Å². The molecule has 1 heterocycles. The van der Waals surface area contributed by atoms with Gasteiger partial charge in [0, 0.05) is 12.0 Å². The maximum atomic E-state index is 9.94. The van der Waals surface area contributed by atoms with Crippen LogP contribution < -0.4 is 0 Å². The zero-order chi connectivity index (χ0) is 8.97. The lowest BCUT2D eigenvalue weighted by atomic mass is 10.2. The number of allylic oxidation sites excluding steroid dienone is 1. The molecule has 4 heteroatoms. The van der Waals surface area contributed by atoms with Crippen molar-refractivity contribution in [2.75, 3.05) is 0 Å². The summed E-state index contributed by atoms with van der Waals surface area (Å²) in [7, 11) is 0. The minimum absolute atomic E-state index is 0.243. The van der Waals surface area contributed by atoms with E-state index in [0.717, 1.165) is 0 Å². The van der Waals surface area contributed by atoms with Crippen LogP contribution in [0.1, 0.15) is 31.5 Å². The molecule has 0 fully saturated rings. The summed E-state index contributed by atoms with van der Waals surface area (Å²) in [6, 6.07) is 0. The van der Waals surface area contributed by atoms with Crippen LogP contribution in [-0.2, 0) is 4.79 Å². The first-order valence-electron chi connectivity index (χ1n) is 3.69. The van der Waals surface area contributed by atoms with Gasteiger partial charge in [0.05, 0.1) is 0 Å². The van der Waals surface area contributed by atoms with E-state index in [4.69, 9.17) is 4.52 Å². The summed E-state index contributed by atoms with van der Waals surface area (Å²) in [6.45, 7) is 3.94. The van der Waals surface area contributed by atoms with Crippen molar-refractivity contribution >= 4 is 12.4 Å². The van der Waals surface area contributed by atoms with Crippen molar-refractivity contribution in [2.24, 2.45) is 0 Å². The Labute approximate surface area is 70.3 Å². The molecule has 0 radical (unpaired) electrons. The Kier molecular flexibility index (Phi) is 2.74. The first-order valence-corrected chi connectivity index (χ1v) is 3.69. The summed E-state index contributed by atoms with van der Waals surface area (Å²) in [6.07, 6.45) is 3.46. The molecule has 0 N–H and O–H groups in total. The summed E-state index contributed by atoms with van der Waals surface area (Å²) in [5.74, 6) is 1.26. The van der Waals surface area contributed by atoms with E-state index in [-0.39, 0.29) is 5.92 Å². The second kappa shape index (κ2) is 3.80. The monoisotopic (exact) mass is 166 g/mol. The van der Waals surface area contributed by atoms with Crippen molar-refractivity contribution in [3.63, 3.8) is 0 Å². The fraction of sp³-hybridized carbons (Fsp3) is 0.375. The number of rotatable bonds is 3. The van der Waals surface area contributed by atoms with Gasteiger partial charge in [0.25, 0.3) is 5.89 Å². The van der Waals surface area contributed by atoms with Gasteiger partial charge in [0.15, 0.2) is 5.82 Å². The van der Waals surface area contributed by atoms with Gasteiger partial charge in [-0.25, -0.2) is 0 Å². The molecule has 1 aromatic rings. The average Bonchev–Trinajstić information content (AvgIpc) is 2.48. The molecule has 0 aliphatic rings. The first-order chi connectivity index (χ1) is 5.74. The predicted molar refractivity (Wildman–Crippen MR) is 43.5 cm³/mol. The summed E-state index contributed by atoms with van der Waals surface area (Å²) >= 11 is 0. The van der Waals surface area contributed by atoms with Gasteiger partial charge >= 0.3 is 0 Å². The van der Waals surface area contributed by atoms with Crippen LogP contribution >= 0.6 is 0 Å². The summed E-state index contributed by atoms with van der Waals surface area (Å²) in [5, 5.41) is 3.72. The Morgan fingerprint density at radius 1 is 1.50 bits per heavy atom. The number of aldehydes is 1. The second-order valence-electron chi connectivity index (χ2n) is 2.64. The Morgan fingerprint density at radius 2 is 2.25 bits per heavy atom. The number of aromatic nitrogens is 2. The third-order valence-electron chi connectivity index (χ3n) is 1.29. The Hall–Kier alpha value is -1.45. The average molecular weight is 166 g/mol. The second-order valence-corrected chi connectivity index (χ2v) is 2.64. The lowest BCUT2D eigenvalue weighted by molar-refractivity contribution is -0.104. The number of nitrogens with zero attached hydrogens (tertiary/aromatic N) is 2. The summed E-state index contributed by atoms with van der Waals surface area (Å²) in [5.41, 5.74) is 0. The molecule has 0 amide bonds. The van der Waals surface area contributed by atoms with Gasteiger partial charge in [-0.15, -0.1) is 0 Å². The molecule has 1 rings (SSSR count). The molecule has 64 valence electrons. The molecule has 0 spiro atoms. The largest absolute Gasteiger partial charge is 0.335 e. The zero-order valence-corrected chi connectivity index (χ0v) is 7.02. The lowest BCUT2D eigenvalue weighted by Crippen LogP contribution is -1.88. The molecule has 12 heavy (non-hydrogen) atoms. The normalized spacial score (nSPS) is 11.2. The van der Waals surface area contributed by atoms with Crippen LogP contribution in [0.5, 0.6) is 0 Å². The lowest BCUT2D eigenvalue weighted by Gasteiger charge is -1.91. The quantitative estimate of drug-likeness (QED) is 0.503. The summed E-state index contributed by atoms with van der Waals surface area (Å²) < 4.78 is 4.82. The van der Waals surface area contributed by atoms with Crippen LogP contribution in [0, 0.1) is 0 Å². The maximum absolute atomic E-state index is 9.94. The van der Waals surface area contributed by atoms with Crippen molar-refractivity contribution < 1.29 is 9.32 Å². The highest BCUT2D eigenvalue weighted by Gasteiger charge is 2.06. The van der Waals surface area contributed by atoms with Gasteiger partial charge in [-0.2, -0.15) is 4.98 Å². The molecule has 1 aromatic heterocycles. The Bertz CT molecular complexity index is 289. The topological polar surface area (TPSA) is 56.0 Å². The van der Waals surface area contributed by atoms with E-state index < -0.39 is 0 Å². The van der Waals surface area contributed by atoms with Gasteiger partial charge in [-0.3, -0.25) is 4.79 Å². The van der Waals surface area contributed by atoms with Crippen LogP contribution in [0.15, 0.2) is 10.6 Å². The highest BCUT2D eigenvalue weighted by atomic mass is 16.5. The number of hydrogen-bond acceptors (Lipinski definition) is 4. The van der Waals surface area contributed by atoms with Crippen molar-refractivity contribution in [1.29, 1.82) is 0 Å². The predicted octanol–water partition coefficient (Wildman–Crippen LogP) is 1.41. The minimum Gasteiger partial charge on any atom is -0.335 e. The van der Waals surface area contributed by atoms with Crippen LogP contribution in [0.4, 0.5) is 0 Å². The van der Waals surface area contributed by atoms with Gasteiger partial charge in [0.1, 0.15) is 6.29 Å². The minimum atomic E-state index is 0.243. The van der Waals surface area contributed by atoms with Gasteiger partial charge < -0.3 is 4.52 Å². The van der Waals surface area contributed by atoms with E-state index in [1.165, 1.54) is 12.2 Å². The van der Waals surface area contributed by atoms with Crippen molar-refractivity contribution in [3.8, 4) is 0 Å². The molecule has 0 saturated heterocycles. The van der Waals surface area contributed by atoms with E-state index in [2.05, 4.69) is 10.1 Å². The van der Waals surface area contributed by atoms with Crippen LogP contribution in [0.25, 0.3) is 6.08 Å². The third-order valence-corrected chi connectivity index (χ3v) is 1.29. The number of carbonyl (C=O) groups excluding carboxylic acids is 1. The highest BCUT2D eigenvalue weighted by molar-refractivity contribution is 5.71. The molecular formula is C8H10N2O2. The molecule has 4 nitrogen and oxygen atoms in total. The molecule has 0 aliphatic carbocycles. The van der Waals surface area contributed by atoms with E-state index in [1.54, 1.807) is 0 Å². The van der Waals surface area contributed by atoms with E-state index in [0.29, 0.717) is 18.0 Å². The molecule has 0 unspecified atom stereocenters. The standard InChI is InChI=1S/C8H10N2O2/c1-6(2)8-9-7(12-10-8)4-3-5-11/h3-6H,1-2H3. The molecule has 0 bridgehead atoms. The van der Waals surface area contributed by atoms with E-state index in [9.17, 15) is 4.79 Å². The van der Waals surface area contributed by atoms with Gasteiger partial charge in [-0.05, 0) is 6.08 Å². The third kappa shape index (κ3) is 2.02. The number of carbonyl (C=O) groups is 1. The SMILES string of the molecule is CC(C)c1noc(C=CC=O)n1. The Morgan fingerprint density at radius 3 is 2.75 bits per heavy atom.